The second-order valence-corrected chi connectivity index (χ2v) is 8.77. The molecule has 2 aromatic heterocycles. The van der Waals surface area contributed by atoms with Crippen molar-refractivity contribution in [3.63, 3.8) is 0 Å². The highest BCUT2D eigenvalue weighted by molar-refractivity contribution is 7.13. The maximum Gasteiger partial charge on any atom is 0.331 e. The van der Waals surface area contributed by atoms with Gasteiger partial charge in [0, 0.05) is 57.6 Å². The van der Waals surface area contributed by atoms with Crippen LogP contribution < -0.4 is 20.9 Å². The number of hydrogen-bond acceptors (Lipinski definition) is 7. The normalized spacial score (nSPS) is 16.8. The Labute approximate surface area is 182 Å². The van der Waals surface area contributed by atoms with Crippen LogP contribution in [0.1, 0.15) is 16.1 Å². The second kappa shape index (κ2) is 7.97. The molecule has 0 amide bonds. The van der Waals surface area contributed by atoms with Crippen LogP contribution in [0.15, 0.2) is 39.2 Å². The largest absolute Gasteiger partial charge is 0.495 e. The van der Waals surface area contributed by atoms with E-state index < -0.39 is 0 Å². The molecule has 0 bridgehead atoms. The van der Waals surface area contributed by atoms with Crippen molar-refractivity contribution < 1.29 is 9.53 Å². The number of hydrogen-bond donors (Lipinski definition) is 0. The molecule has 5 rings (SSSR count). The number of piperazine rings is 1. The van der Waals surface area contributed by atoms with Crippen LogP contribution in [0.2, 0.25) is 0 Å². The first kappa shape index (κ1) is 20.0. The van der Waals surface area contributed by atoms with E-state index in [1.165, 1.54) is 15.9 Å². The van der Waals surface area contributed by atoms with Gasteiger partial charge in [-0.25, -0.2) is 4.79 Å². The Balaban J connectivity index is 1.31. The Morgan fingerprint density at radius 1 is 1.00 bits per heavy atom. The monoisotopic (exact) mass is 440 g/mol. The minimum atomic E-state index is -0.308. The molecule has 0 spiro atoms. The van der Waals surface area contributed by atoms with Crippen LogP contribution in [0.4, 0.5) is 5.69 Å². The van der Waals surface area contributed by atoms with E-state index in [1.54, 1.807) is 17.1 Å². The Morgan fingerprint density at radius 3 is 2.55 bits per heavy atom. The van der Waals surface area contributed by atoms with Crippen molar-refractivity contribution >= 4 is 33.7 Å². The van der Waals surface area contributed by atoms with Crippen molar-refractivity contribution in [1.82, 2.24) is 14.0 Å². The number of aromatic nitrogens is 2. The molecule has 0 radical (unpaired) electrons. The van der Waals surface area contributed by atoms with Crippen molar-refractivity contribution in [2.75, 3.05) is 44.7 Å². The molecule has 0 aliphatic carbocycles. The van der Waals surface area contributed by atoms with E-state index in [0.29, 0.717) is 41.8 Å². The predicted octanol–water partition coefficient (Wildman–Crippen LogP) is 1.64. The average molecular weight is 441 g/mol. The van der Waals surface area contributed by atoms with E-state index >= 15 is 0 Å². The summed E-state index contributed by atoms with van der Waals surface area (Å²) in [6.07, 6.45) is 0.311. The zero-order valence-electron chi connectivity index (χ0n) is 17.4. The molecule has 31 heavy (non-hydrogen) atoms. The van der Waals surface area contributed by atoms with Crippen LogP contribution in [-0.4, -0.2) is 59.7 Å². The summed E-state index contributed by atoms with van der Waals surface area (Å²) in [4.78, 5) is 43.2. The van der Waals surface area contributed by atoms with Gasteiger partial charge >= 0.3 is 5.69 Å². The molecule has 9 heteroatoms. The predicted molar refractivity (Wildman–Crippen MR) is 121 cm³/mol. The van der Waals surface area contributed by atoms with Gasteiger partial charge in [-0.05, 0) is 12.1 Å². The van der Waals surface area contributed by atoms with E-state index in [4.69, 9.17) is 4.74 Å². The highest BCUT2D eigenvalue weighted by atomic mass is 32.1. The first-order valence-corrected chi connectivity index (χ1v) is 11.3. The number of ether oxygens (including phenoxy) is 1. The van der Waals surface area contributed by atoms with E-state index in [-0.39, 0.29) is 17.0 Å². The molecule has 0 atom stereocenters. The van der Waals surface area contributed by atoms with Gasteiger partial charge in [0.1, 0.15) is 5.75 Å². The first-order valence-electron chi connectivity index (χ1n) is 10.5. The third kappa shape index (κ3) is 3.37. The lowest BCUT2D eigenvalue weighted by atomic mass is 10.1. The van der Waals surface area contributed by atoms with Crippen molar-refractivity contribution in [3.05, 3.63) is 55.4 Å². The number of thiophene rings is 1. The molecule has 0 saturated carbocycles. The maximum atomic E-state index is 13.0. The topological polar surface area (TPSA) is 76.8 Å². The molecule has 2 aliphatic rings. The summed E-state index contributed by atoms with van der Waals surface area (Å²) in [5.41, 5.74) is 1.02. The minimum Gasteiger partial charge on any atom is -0.495 e. The minimum absolute atomic E-state index is 0.0180. The number of rotatable bonds is 5. The quantitative estimate of drug-likeness (QED) is 0.600. The van der Waals surface area contributed by atoms with E-state index in [9.17, 15) is 14.4 Å². The molecule has 0 unspecified atom stereocenters. The van der Waals surface area contributed by atoms with Crippen molar-refractivity contribution in [1.29, 1.82) is 0 Å². The molecule has 1 aromatic carbocycles. The van der Waals surface area contributed by atoms with Crippen LogP contribution in [-0.2, 0) is 13.1 Å². The maximum absolute atomic E-state index is 13.0. The third-order valence-corrected chi connectivity index (χ3v) is 7.24. The molecule has 4 heterocycles. The highest BCUT2D eigenvalue weighted by Crippen LogP contribution is 2.29. The third-order valence-electron chi connectivity index (χ3n) is 6.23. The smallest absolute Gasteiger partial charge is 0.331 e. The SMILES string of the molecule is COc1ccccc1N1CCN(CCn2c(=O)c3csc4c3n(c2=O)CCC4=O)CC1. The van der Waals surface area contributed by atoms with E-state index in [1.807, 2.05) is 18.2 Å². The molecule has 8 nitrogen and oxygen atoms in total. The van der Waals surface area contributed by atoms with Gasteiger partial charge in [0.2, 0.25) is 0 Å². The molecule has 1 saturated heterocycles. The molecular formula is C22H24N4O4S. The standard InChI is InChI=1S/C22H24N4O4S/c1-30-18-5-3-2-4-16(18)24-11-8-23(9-12-24)10-13-26-21(28)15-14-31-20-17(27)6-7-25(19(15)20)22(26)29/h2-5,14H,6-13H2,1H3. The molecule has 2 aliphatic heterocycles. The number of aryl methyl sites for hydroxylation is 1. The fraction of sp³-hybridized carbons (Fsp3) is 0.409. The molecule has 3 aromatic rings. The zero-order valence-corrected chi connectivity index (χ0v) is 18.2. The van der Waals surface area contributed by atoms with Crippen LogP contribution in [0.3, 0.4) is 0 Å². The van der Waals surface area contributed by atoms with Gasteiger partial charge in [-0.3, -0.25) is 23.6 Å². The molecular weight excluding hydrogens is 416 g/mol. The summed E-state index contributed by atoms with van der Waals surface area (Å²) in [5.74, 6) is 0.885. The number of benzene rings is 1. The number of para-hydroxylation sites is 2. The summed E-state index contributed by atoms with van der Waals surface area (Å²) in [6, 6.07) is 8.00. The van der Waals surface area contributed by atoms with Crippen LogP contribution >= 0.6 is 11.3 Å². The Hall–Kier alpha value is -2.91. The zero-order chi connectivity index (χ0) is 21.5. The van der Waals surface area contributed by atoms with Gasteiger partial charge in [0.25, 0.3) is 5.56 Å². The Bertz CT molecular complexity index is 1270. The van der Waals surface area contributed by atoms with Crippen LogP contribution in [0.5, 0.6) is 5.75 Å². The Morgan fingerprint density at radius 2 is 1.77 bits per heavy atom. The molecule has 0 N–H and O–H groups in total. The lowest BCUT2D eigenvalue weighted by molar-refractivity contribution is 0.0976. The van der Waals surface area contributed by atoms with Gasteiger partial charge < -0.3 is 9.64 Å². The summed E-state index contributed by atoms with van der Waals surface area (Å²) >= 11 is 1.27. The lowest BCUT2D eigenvalue weighted by Crippen LogP contribution is -2.49. The summed E-state index contributed by atoms with van der Waals surface area (Å²) in [6.45, 7) is 4.73. The first-order chi connectivity index (χ1) is 15.1. The van der Waals surface area contributed by atoms with Crippen molar-refractivity contribution in [2.45, 2.75) is 19.5 Å². The lowest BCUT2D eigenvalue weighted by Gasteiger charge is -2.36. The molecule has 162 valence electrons. The molecule has 1 fully saturated rings. The van der Waals surface area contributed by atoms with Crippen LogP contribution in [0.25, 0.3) is 10.9 Å². The van der Waals surface area contributed by atoms with Crippen LogP contribution in [0, 0.1) is 0 Å². The average Bonchev–Trinajstić information content (AvgIpc) is 3.25. The second-order valence-electron chi connectivity index (χ2n) is 7.89. The number of anilines is 1. The number of nitrogens with zero attached hydrogens (tertiary/aromatic N) is 4. The fourth-order valence-corrected chi connectivity index (χ4v) is 5.53. The highest BCUT2D eigenvalue weighted by Gasteiger charge is 2.26. The van der Waals surface area contributed by atoms with Gasteiger partial charge in [0.15, 0.2) is 5.78 Å². The summed E-state index contributed by atoms with van der Waals surface area (Å²) in [7, 11) is 1.68. The number of Topliss-reactive ketones (excluding diaryl/α,β-unsaturated/α-hetero) is 1. The Kier molecular flexibility index (Phi) is 5.15. The van der Waals surface area contributed by atoms with Gasteiger partial charge in [-0.2, -0.15) is 0 Å². The van der Waals surface area contributed by atoms with E-state index in [0.717, 1.165) is 37.6 Å². The fourth-order valence-electron chi connectivity index (χ4n) is 4.52. The number of ketones is 1. The van der Waals surface area contributed by atoms with Crippen molar-refractivity contribution in [3.8, 4) is 5.75 Å². The van der Waals surface area contributed by atoms with Gasteiger partial charge in [0.05, 0.1) is 28.6 Å². The summed E-state index contributed by atoms with van der Waals surface area (Å²) < 4.78 is 8.41. The van der Waals surface area contributed by atoms with E-state index in [2.05, 4.69) is 15.9 Å². The number of carbonyl (C=O) groups is 1. The van der Waals surface area contributed by atoms with Gasteiger partial charge in [-0.15, -0.1) is 11.3 Å². The van der Waals surface area contributed by atoms with Gasteiger partial charge in [-0.1, -0.05) is 12.1 Å². The number of methoxy groups -OCH3 is 1. The summed E-state index contributed by atoms with van der Waals surface area (Å²) in [5, 5.41) is 2.20. The number of carbonyl (C=O) groups excluding carboxylic acids is 1. The van der Waals surface area contributed by atoms with Crippen molar-refractivity contribution in [2.24, 2.45) is 0 Å².